The van der Waals surface area contributed by atoms with Gasteiger partial charge in [0.15, 0.2) is 0 Å². The van der Waals surface area contributed by atoms with Crippen LogP contribution in [0.15, 0.2) is 24.3 Å². The predicted molar refractivity (Wildman–Crippen MR) is 88.3 cm³/mol. The van der Waals surface area contributed by atoms with Crippen molar-refractivity contribution in [1.82, 2.24) is 9.80 Å². The molecule has 0 radical (unpaired) electrons. The fourth-order valence-electron chi connectivity index (χ4n) is 2.22. The number of carbonyl (C=O) groups excluding carboxylic acids is 1. The van der Waals surface area contributed by atoms with Crippen molar-refractivity contribution < 1.29 is 4.79 Å². The van der Waals surface area contributed by atoms with Gasteiger partial charge in [-0.3, -0.25) is 4.79 Å². The van der Waals surface area contributed by atoms with Crippen molar-refractivity contribution >= 4 is 23.1 Å². The van der Waals surface area contributed by atoms with E-state index in [0.29, 0.717) is 18.7 Å². The van der Waals surface area contributed by atoms with E-state index in [2.05, 4.69) is 18.7 Å². The topological polar surface area (TPSA) is 23.6 Å². The molecular formula is C16H24N2OS. The average Bonchev–Trinajstić information content (AvgIpc) is 2.49. The van der Waals surface area contributed by atoms with Crippen LogP contribution in [0.1, 0.15) is 43.6 Å². The average molecular weight is 292 g/mol. The van der Waals surface area contributed by atoms with Crippen LogP contribution in [0.25, 0.3) is 0 Å². The minimum Gasteiger partial charge on any atom is -0.363 e. The van der Waals surface area contributed by atoms with E-state index >= 15 is 0 Å². The third-order valence-corrected chi connectivity index (χ3v) is 3.97. The number of amides is 1. The Bertz CT molecular complexity index is 422. The van der Waals surface area contributed by atoms with E-state index in [4.69, 9.17) is 12.2 Å². The monoisotopic (exact) mass is 292 g/mol. The molecule has 0 saturated carbocycles. The van der Waals surface area contributed by atoms with Crippen LogP contribution in [0.4, 0.5) is 0 Å². The Morgan fingerprint density at radius 1 is 0.900 bits per heavy atom. The molecule has 0 fully saturated rings. The van der Waals surface area contributed by atoms with Gasteiger partial charge in [0.2, 0.25) is 0 Å². The van der Waals surface area contributed by atoms with Crippen LogP contribution in [-0.2, 0) is 0 Å². The fourth-order valence-corrected chi connectivity index (χ4v) is 2.65. The Kier molecular flexibility index (Phi) is 6.65. The Morgan fingerprint density at radius 3 is 1.80 bits per heavy atom. The summed E-state index contributed by atoms with van der Waals surface area (Å²) in [5, 5.41) is 0. The van der Waals surface area contributed by atoms with E-state index in [1.807, 2.05) is 43.0 Å². The van der Waals surface area contributed by atoms with E-state index in [1.165, 1.54) is 0 Å². The molecule has 0 saturated heterocycles. The van der Waals surface area contributed by atoms with Crippen LogP contribution < -0.4 is 0 Å². The summed E-state index contributed by atoms with van der Waals surface area (Å²) < 4.78 is 0. The number of hydrogen-bond donors (Lipinski definition) is 0. The van der Waals surface area contributed by atoms with Gasteiger partial charge in [0, 0.05) is 37.3 Å². The number of carbonyl (C=O) groups is 1. The second-order valence-electron chi connectivity index (χ2n) is 4.50. The minimum absolute atomic E-state index is 0.0557. The molecule has 0 bridgehead atoms. The van der Waals surface area contributed by atoms with Crippen molar-refractivity contribution in [3.05, 3.63) is 35.4 Å². The van der Waals surface area contributed by atoms with Crippen molar-refractivity contribution in [3.63, 3.8) is 0 Å². The van der Waals surface area contributed by atoms with Gasteiger partial charge in [-0.05, 0) is 33.8 Å². The Balaban J connectivity index is 3.17. The zero-order chi connectivity index (χ0) is 15.1. The Morgan fingerprint density at radius 2 is 1.35 bits per heavy atom. The summed E-state index contributed by atoms with van der Waals surface area (Å²) in [6.45, 7) is 11.3. The molecule has 0 spiro atoms. The van der Waals surface area contributed by atoms with Crippen molar-refractivity contribution in [2.45, 2.75) is 27.7 Å². The van der Waals surface area contributed by atoms with Crippen LogP contribution in [-0.4, -0.2) is 46.9 Å². The van der Waals surface area contributed by atoms with E-state index < -0.39 is 0 Å². The van der Waals surface area contributed by atoms with Crippen molar-refractivity contribution in [3.8, 4) is 0 Å². The molecule has 110 valence electrons. The minimum atomic E-state index is 0.0557. The van der Waals surface area contributed by atoms with Crippen molar-refractivity contribution in [2.24, 2.45) is 0 Å². The molecule has 3 nitrogen and oxygen atoms in total. The molecule has 1 rings (SSSR count). The third kappa shape index (κ3) is 3.57. The molecule has 1 aromatic carbocycles. The summed E-state index contributed by atoms with van der Waals surface area (Å²) in [5.41, 5.74) is 1.57. The number of nitrogens with zero attached hydrogens (tertiary/aromatic N) is 2. The molecule has 0 atom stereocenters. The van der Waals surface area contributed by atoms with Crippen molar-refractivity contribution in [2.75, 3.05) is 26.2 Å². The number of rotatable bonds is 6. The molecular weight excluding hydrogens is 268 g/mol. The number of hydrogen-bond acceptors (Lipinski definition) is 2. The maximum atomic E-state index is 12.6. The lowest BCUT2D eigenvalue weighted by Gasteiger charge is -2.25. The second-order valence-corrected chi connectivity index (χ2v) is 4.89. The number of thiocarbonyl (C=S) groups is 1. The highest BCUT2D eigenvalue weighted by atomic mass is 32.1. The van der Waals surface area contributed by atoms with Gasteiger partial charge in [0.25, 0.3) is 5.91 Å². The largest absolute Gasteiger partial charge is 0.363 e. The third-order valence-electron chi connectivity index (χ3n) is 3.49. The maximum Gasteiger partial charge on any atom is 0.254 e. The van der Waals surface area contributed by atoms with Crippen LogP contribution in [0.3, 0.4) is 0 Å². The molecule has 4 heteroatoms. The summed E-state index contributed by atoms with van der Waals surface area (Å²) in [7, 11) is 0. The van der Waals surface area contributed by atoms with Gasteiger partial charge >= 0.3 is 0 Å². The van der Waals surface area contributed by atoms with Crippen molar-refractivity contribution in [1.29, 1.82) is 0 Å². The van der Waals surface area contributed by atoms with E-state index in [1.54, 1.807) is 0 Å². The highest BCUT2D eigenvalue weighted by Gasteiger charge is 2.19. The lowest BCUT2D eigenvalue weighted by atomic mass is 10.1. The molecule has 0 unspecified atom stereocenters. The van der Waals surface area contributed by atoms with Gasteiger partial charge in [0.1, 0.15) is 4.99 Å². The Hall–Kier alpha value is -1.42. The SMILES string of the molecule is CCN(CC)C(=O)c1ccccc1C(=S)N(CC)CC. The standard InChI is InChI=1S/C16H24N2OS/c1-5-17(6-2)15(19)13-11-9-10-12-14(13)16(20)18(7-3)8-4/h9-12H,5-8H2,1-4H3. The van der Waals surface area contributed by atoms with Crippen LogP contribution in [0.5, 0.6) is 0 Å². The summed E-state index contributed by atoms with van der Waals surface area (Å²) in [5.74, 6) is 0.0557. The molecule has 0 aliphatic rings. The summed E-state index contributed by atoms with van der Waals surface area (Å²) in [4.78, 5) is 17.3. The summed E-state index contributed by atoms with van der Waals surface area (Å²) in [6, 6.07) is 7.64. The van der Waals surface area contributed by atoms with Gasteiger partial charge in [-0.15, -0.1) is 0 Å². The van der Waals surface area contributed by atoms with Gasteiger partial charge in [-0.25, -0.2) is 0 Å². The van der Waals surface area contributed by atoms with Crippen LogP contribution in [0.2, 0.25) is 0 Å². The molecule has 0 aliphatic heterocycles. The molecule has 1 aromatic rings. The predicted octanol–water partition coefficient (Wildman–Crippen LogP) is 3.19. The lowest BCUT2D eigenvalue weighted by molar-refractivity contribution is 0.0772. The highest BCUT2D eigenvalue weighted by molar-refractivity contribution is 7.80. The molecule has 0 N–H and O–H groups in total. The van der Waals surface area contributed by atoms with Gasteiger partial charge in [-0.2, -0.15) is 0 Å². The van der Waals surface area contributed by atoms with E-state index in [-0.39, 0.29) is 5.91 Å². The zero-order valence-electron chi connectivity index (χ0n) is 12.8. The van der Waals surface area contributed by atoms with E-state index in [0.717, 1.165) is 23.6 Å². The quantitative estimate of drug-likeness (QED) is 0.752. The second kappa shape index (κ2) is 8.00. The first-order valence-corrected chi connectivity index (χ1v) is 7.68. The summed E-state index contributed by atoms with van der Waals surface area (Å²) in [6.07, 6.45) is 0. The summed E-state index contributed by atoms with van der Waals surface area (Å²) >= 11 is 5.56. The fraction of sp³-hybridized carbons (Fsp3) is 0.500. The first-order chi connectivity index (χ1) is 9.60. The molecule has 20 heavy (non-hydrogen) atoms. The van der Waals surface area contributed by atoms with Crippen LogP contribution >= 0.6 is 12.2 Å². The molecule has 1 amide bonds. The lowest BCUT2D eigenvalue weighted by Crippen LogP contribution is -2.34. The molecule has 0 aliphatic carbocycles. The van der Waals surface area contributed by atoms with Gasteiger partial charge in [-0.1, -0.05) is 30.4 Å². The van der Waals surface area contributed by atoms with Gasteiger partial charge < -0.3 is 9.80 Å². The smallest absolute Gasteiger partial charge is 0.254 e. The number of benzene rings is 1. The molecule has 0 heterocycles. The first kappa shape index (κ1) is 16.6. The normalized spacial score (nSPS) is 10.2. The zero-order valence-corrected chi connectivity index (χ0v) is 13.7. The maximum absolute atomic E-state index is 12.6. The Labute approximate surface area is 127 Å². The van der Waals surface area contributed by atoms with Crippen LogP contribution in [0, 0.1) is 0 Å². The van der Waals surface area contributed by atoms with Gasteiger partial charge in [0.05, 0.1) is 0 Å². The van der Waals surface area contributed by atoms with E-state index in [9.17, 15) is 4.79 Å². The molecule has 0 aromatic heterocycles. The first-order valence-electron chi connectivity index (χ1n) is 7.28. The highest BCUT2D eigenvalue weighted by Crippen LogP contribution is 2.15.